The van der Waals surface area contributed by atoms with Gasteiger partial charge in [0.2, 0.25) is 17.8 Å². The first-order chi connectivity index (χ1) is 11.1. The maximum Gasteiger partial charge on any atom is 0.248 e. The molecule has 1 aromatic heterocycles. The van der Waals surface area contributed by atoms with E-state index in [4.69, 9.17) is 9.47 Å². The van der Waals surface area contributed by atoms with Crippen molar-refractivity contribution < 1.29 is 19.1 Å². The Kier molecular flexibility index (Phi) is 3.83. The lowest BCUT2D eigenvalue weighted by Crippen LogP contribution is -2.35. The SMILES string of the molecule is COc1cc(NC(=O)C2CC(=O)Nc3nncn32)cc(OC)c1. The van der Waals surface area contributed by atoms with Crippen molar-refractivity contribution in [3.8, 4) is 11.5 Å². The van der Waals surface area contributed by atoms with Crippen molar-refractivity contribution >= 4 is 23.5 Å². The minimum absolute atomic E-state index is 0.0119. The minimum atomic E-state index is -0.717. The molecule has 0 bridgehead atoms. The number of ether oxygens (including phenoxy) is 2. The molecule has 0 fully saturated rings. The van der Waals surface area contributed by atoms with Crippen LogP contribution < -0.4 is 20.1 Å². The van der Waals surface area contributed by atoms with Crippen LogP contribution in [0.5, 0.6) is 11.5 Å². The number of hydrogen-bond donors (Lipinski definition) is 2. The van der Waals surface area contributed by atoms with Crippen LogP contribution in [0.2, 0.25) is 0 Å². The predicted octanol–water partition coefficient (Wildman–Crippen LogP) is 0.817. The molecule has 2 N–H and O–H groups in total. The second-order valence-electron chi connectivity index (χ2n) is 4.92. The van der Waals surface area contributed by atoms with E-state index >= 15 is 0 Å². The number of hydrogen-bond acceptors (Lipinski definition) is 6. The van der Waals surface area contributed by atoms with Gasteiger partial charge in [-0.05, 0) is 0 Å². The number of amides is 2. The van der Waals surface area contributed by atoms with Crippen molar-refractivity contribution in [3.05, 3.63) is 24.5 Å². The number of rotatable bonds is 4. The van der Waals surface area contributed by atoms with Gasteiger partial charge in [-0.1, -0.05) is 0 Å². The zero-order valence-corrected chi connectivity index (χ0v) is 12.6. The van der Waals surface area contributed by atoms with Crippen LogP contribution in [0.3, 0.4) is 0 Å². The fraction of sp³-hybridized carbons (Fsp3) is 0.286. The smallest absolute Gasteiger partial charge is 0.248 e. The second-order valence-corrected chi connectivity index (χ2v) is 4.92. The molecule has 23 heavy (non-hydrogen) atoms. The predicted molar refractivity (Wildman–Crippen MR) is 80.5 cm³/mol. The van der Waals surface area contributed by atoms with E-state index in [-0.39, 0.29) is 24.2 Å². The average molecular weight is 317 g/mol. The molecule has 1 aliphatic rings. The summed E-state index contributed by atoms with van der Waals surface area (Å²) in [5, 5.41) is 12.8. The topological polar surface area (TPSA) is 107 Å². The van der Waals surface area contributed by atoms with Gasteiger partial charge in [-0.3, -0.25) is 19.5 Å². The highest BCUT2D eigenvalue weighted by atomic mass is 16.5. The zero-order chi connectivity index (χ0) is 16.4. The Hall–Kier alpha value is -3.10. The number of benzene rings is 1. The highest BCUT2D eigenvalue weighted by Crippen LogP contribution is 2.28. The molecule has 0 saturated heterocycles. The van der Waals surface area contributed by atoms with E-state index in [1.165, 1.54) is 25.1 Å². The van der Waals surface area contributed by atoms with Crippen LogP contribution >= 0.6 is 0 Å². The van der Waals surface area contributed by atoms with E-state index in [0.29, 0.717) is 17.2 Å². The van der Waals surface area contributed by atoms with Crippen molar-refractivity contribution in [2.24, 2.45) is 0 Å². The summed E-state index contributed by atoms with van der Waals surface area (Å²) >= 11 is 0. The third-order valence-electron chi connectivity index (χ3n) is 3.46. The van der Waals surface area contributed by atoms with E-state index < -0.39 is 6.04 Å². The Morgan fingerprint density at radius 2 is 2.00 bits per heavy atom. The molecule has 9 heteroatoms. The van der Waals surface area contributed by atoms with Gasteiger partial charge in [0.05, 0.1) is 20.6 Å². The number of aromatic nitrogens is 3. The van der Waals surface area contributed by atoms with Gasteiger partial charge in [0.1, 0.15) is 23.9 Å². The largest absolute Gasteiger partial charge is 0.497 e. The van der Waals surface area contributed by atoms with Crippen LogP contribution in [-0.2, 0) is 9.59 Å². The van der Waals surface area contributed by atoms with Crippen LogP contribution in [0, 0.1) is 0 Å². The van der Waals surface area contributed by atoms with Crippen molar-refractivity contribution in [1.29, 1.82) is 0 Å². The molecular formula is C14H15N5O4. The Bertz CT molecular complexity index is 735. The van der Waals surface area contributed by atoms with Gasteiger partial charge in [-0.15, -0.1) is 10.2 Å². The van der Waals surface area contributed by atoms with Crippen LogP contribution in [-0.4, -0.2) is 40.8 Å². The van der Waals surface area contributed by atoms with E-state index in [1.54, 1.807) is 18.2 Å². The summed E-state index contributed by atoms with van der Waals surface area (Å²) < 4.78 is 11.9. The second kappa shape index (κ2) is 5.95. The van der Waals surface area contributed by atoms with E-state index in [9.17, 15) is 9.59 Å². The van der Waals surface area contributed by atoms with Gasteiger partial charge < -0.3 is 14.8 Å². The molecule has 9 nitrogen and oxygen atoms in total. The molecule has 0 saturated carbocycles. The van der Waals surface area contributed by atoms with Crippen LogP contribution in [0.1, 0.15) is 12.5 Å². The molecule has 0 radical (unpaired) electrons. The van der Waals surface area contributed by atoms with Gasteiger partial charge in [0, 0.05) is 23.9 Å². The quantitative estimate of drug-likeness (QED) is 0.864. The maximum atomic E-state index is 12.5. The first-order valence-electron chi connectivity index (χ1n) is 6.84. The van der Waals surface area contributed by atoms with Crippen LogP contribution in [0.15, 0.2) is 24.5 Å². The molecule has 3 rings (SSSR count). The van der Waals surface area contributed by atoms with E-state index in [1.807, 2.05) is 0 Å². The molecule has 1 unspecified atom stereocenters. The lowest BCUT2D eigenvalue weighted by Gasteiger charge is -2.23. The van der Waals surface area contributed by atoms with Crippen molar-refractivity contribution in [2.45, 2.75) is 12.5 Å². The van der Waals surface area contributed by atoms with Crippen molar-refractivity contribution in [2.75, 3.05) is 24.9 Å². The number of nitrogens with one attached hydrogen (secondary N) is 2. The molecule has 2 heterocycles. The molecule has 2 amide bonds. The summed E-state index contributed by atoms with van der Waals surface area (Å²) in [7, 11) is 3.05. The molecule has 0 spiro atoms. The first kappa shape index (κ1) is 14.8. The third-order valence-corrected chi connectivity index (χ3v) is 3.46. The Morgan fingerprint density at radius 3 is 2.65 bits per heavy atom. The standard InChI is InChI=1S/C14H15N5O4/c1-22-9-3-8(4-10(5-9)23-2)16-13(21)11-6-12(20)17-14-18-15-7-19(11)14/h3-5,7,11H,6H2,1-2H3,(H,16,21)(H,17,18,20). The number of methoxy groups -OCH3 is 2. The van der Waals surface area contributed by atoms with Crippen molar-refractivity contribution in [1.82, 2.24) is 14.8 Å². The highest BCUT2D eigenvalue weighted by molar-refractivity contribution is 6.00. The normalized spacial score (nSPS) is 16.3. The molecule has 1 atom stereocenters. The summed E-state index contributed by atoms with van der Waals surface area (Å²) in [5.41, 5.74) is 0.506. The lowest BCUT2D eigenvalue weighted by atomic mass is 10.1. The fourth-order valence-electron chi connectivity index (χ4n) is 2.33. The van der Waals surface area contributed by atoms with E-state index in [0.717, 1.165) is 0 Å². The summed E-state index contributed by atoms with van der Waals surface area (Å²) in [6.45, 7) is 0. The number of anilines is 2. The molecule has 2 aromatic rings. The number of carbonyl (C=O) groups is 2. The molecule has 0 aliphatic carbocycles. The summed E-state index contributed by atoms with van der Waals surface area (Å²) in [6, 6.07) is 4.31. The van der Waals surface area contributed by atoms with Crippen LogP contribution in [0.25, 0.3) is 0 Å². The molecule has 120 valence electrons. The first-order valence-corrected chi connectivity index (χ1v) is 6.84. The van der Waals surface area contributed by atoms with Gasteiger partial charge >= 0.3 is 0 Å². The summed E-state index contributed by atoms with van der Waals surface area (Å²) in [4.78, 5) is 24.2. The number of nitrogens with zero attached hydrogens (tertiary/aromatic N) is 3. The van der Waals surface area contributed by atoms with E-state index in [2.05, 4.69) is 20.8 Å². The fourth-order valence-corrected chi connectivity index (χ4v) is 2.33. The lowest BCUT2D eigenvalue weighted by molar-refractivity contribution is -0.125. The van der Waals surface area contributed by atoms with Crippen LogP contribution in [0.4, 0.5) is 11.6 Å². The third kappa shape index (κ3) is 2.93. The summed E-state index contributed by atoms with van der Waals surface area (Å²) in [6.07, 6.45) is 1.42. The molecule has 1 aliphatic heterocycles. The Balaban J connectivity index is 1.84. The summed E-state index contributed by atoms with van der Waals surface area (Å²) in [5.74, 6) is 0.715. The van der Waals surface area contributed by atoms with Gasteiger partial charge in [-0.25, -0.2) is 0 Å². The number of carbonyl (C=O) groups excluding carboxylic acids is 2. The molecular weight excluding hydrogens is 302 g/mol. The maximum absolute atomic E-state index is 12.5. The van der Waals surface area contributed by atoms with Gasteiger partial charge in [0.25, 0.3) is 0 Å². The highest BCUT2D eigenvalue weighted by Gasteiger charge is 2.31. The van der Waals surface area contributed by atoms with Gasteiger partial charge in [-0.2, -0.15) is 0 Å². The Labute approximate surface area is 131 Å². The van der Waals surface area contributed by atoms with Crippen molar-refractivity contribution in [3.63, 3.8) is 0 Å². The minimum Gasteiger partial charge on any atom is -0.497 e. The average Bonchev–Trinajstić information content (AvgIpc) is 3.01. The molecule has 1 aromatic carbocycles. The monoisotopic (exact) mass is 317 g/mol. The zero-order valence-electron chi connectivity index (χ0n) is 12.6. The number of fused-ring (bicyclic) bond motifs is 1. The Morgan fingerprint density at radius 1 is 1.30 bits per heavy atom. The van der Waals surface area contributed by atoms with Gasteiger partial charge in [0.15, 0.2) is 0 Å².